The number of benzene rings is 1. The average molecular weight is 297 g/mol. The van der Waals surface area contributed by atoms with Crippen molar-refractivity contribution in [3.8, 4) is 0 Å². The van der Waals surface area contributed by atoms with E-state index >= 15 is 0 Å². The van der Waals surface area contributed by atoms with Crippen molar-refractivity contribution < 1.29 is 23.8 Å². The zero-order chi connectivity index (χ0) is 16.2. The molecule has 0 fully saturated rings. The van der Waals surface area contributed by atoms with Crippen LogP contribution in [0.15, 0.2) is 18.2 Å². The Bertz CT molecular complexity index is 537. The monoisotopic (exact) mass is 297 g/mol. The molecule has 0 spiro atoms. The number of carboxylic acid groups (broad SMARTS) is 1. The number of amides is 1. The molecule has 2 N–H and O–H groups in total. The Morgan fingerprint density at radius 2 is 2.00 bits per heavy atom. The molecule has 6 heteroatoms. The molecule has 0 unspecified atom stereocenters. The Kier molecular flexibility index (Phi) is 5.29. The Labute approximate surface area is 123 Å². The zero-order valence-electron chi connectivity index (χ0n) is 12.6. The summed E-state index contributed by atoms with van der Waals surface area (Å²) in [5.41, 5.74) is 0.180. The van der Waals surface area contributed by atoms with E-state index in [0.29, 0.717) is 0 Å². The molecule has 1 amide bonds. The molecular weight excluding hydrogens is 277 g/mol. The number of aliphatic carboxylic acids is 1. The van der Waals surface area contributed by atoms with Gasteiger partial charge in [-0.15, -0.1) is 0 Å². The van der Waals surface area contributed by atoms with Crippen molar-refractivity contribution in [2.24, 2.45) is 0 Å². The molecule has 0 aliphatic rings. The summed E-state index contributed by atoms with van der Waals surface area (Å²) >= 11 is 0. The largest absolute Gasteiger partial charge is 0.481 e. The fourth-order valence-corrected chi connectivity index (χ4v) is 1.79. The van der Waals surface area contributed by atoms with E-state index in [9.17, 15) is 14.0 Å². The van der Waals surface area contributed by atoms with Crippen LogP contribution in [0.4, 0.5) is 9.18 Å². The summed E-state index contributed by atoms with van der Waals surface area (Å²) in [6.45, 7) is 6.82. The minimum Gasteiger partial charge on any atom is -0.481 e. The smallest absolute Gasteiger partial charge is 0.408 e. The second-order valence-corrected chi connectivity index (χ2v) is 5.82. The van der Waals surface area contributed by atoms with Gasteiger partial charge >= 0.3 is 12.1 Å². The van der Waals surface area contributed by atoms with E-state index in [1.807, 2.05) is 0 Å². The lowest BCUT2D eigenvalue weighted by Gasteiger charge is -2.23. The molecule has 0 heterocycles. The van der Waals surface area contributed by atoms with Crippen LogP contribution >= 0.6 is 0 Å². The highest BCUT2D eigenvalue weighted by atomic mass is 19.1. The second kappa shape index (κ2) is 6.56. The predicted octanol–water partition coefficient (Wildman–Crippen LogP) is 3.17. The quantitative estimate of drug-likeness (QED) is 0.895. The molecule has 0 aromatic heterocycles. The van der Waals surface area contributed by atoms with Gasteiger partial charge in [0.1, 0.15) is 11.4 Å². The van der Waals surface area contributed by atoms with Gasteiger partial charge in [-0.25, -0.2) is 9.18 Å². The highest BCUT2D eigenvalue weighted by Crippen LogP contribution is 2.22. The first kappa shape index (κ1) is 16.9. The Morgan fingerprint density at radius 1 is 1.38 bits per heavy atom. The van der Waals surface area contributed by atoms with Crippen molar-refractivity contribution in [2.45, 2.75) is 45.8 Å². The second-order valence-electron chi connectivity index (χ2n) is 5.82. The van der Waals surface area contributed by atoms with Crippen LogP contribution < -0.4 is 5.32 Å². The number of carboxylic acids is 1. The van der Waals surface area contributed by atoms with Crippen molar-refractivity contribution in [1.82, 2.24) is 5.32 Å². The number of hydrogen-bond acceptors (Lipinski definition) is 3. The standard InChI is InChI=1S/C15H20FNO4/c1-9-5-6-11(16)10(7-9)12(8-13(18)19)17-14(20)21-15(2,3)4/h5-7,12H,8H2,1-4H3,(H,17,20)(H,18,19)/t12-/m1/s1. The summed E-state index contributed by atoms with van der Waals surface area (Å²) in [4.78, 5) is 22.7. The molecule has 5 nitrogen and oxygen atoms in total. The zero-order valence-corrected chi connectivity index (χ0v) is 12.6. The summed E-state index contributed by atoms with van der Waals surface area (Å²) < 4.78 is 18.9. The molecule has 0 radical (unpaired) electrons. The Morgan fingerprint density at radius 3 is 2.52 bits per heavy atom. The third-order valence-corrected chi connectivity index (χ3v) is 2.60. The number of alkyl carbamates (subject to hydrolysis) is 1. The Hall–Kier alpha value is -2.11. The normalized spacial score (nSPS) is 12.6. The molecule has 0 saturated heterocycles. The van der Waals surface area contributed by atoms with Crippen LogP contribution in [0.5, 0.6) is 0 Å². The number of hydrogen-bond donors (Lipinski definition) is 2. The first-order chi connectivity index (χ1) is 9.58. The van der Waals surface area contributed by atoms with Gasteiger partial charge in [-0.05, 0) is 33.8 Å². The first-order valence-electron chi connectivity index (χ1n) is 6.56. The van der Waals surface area contributed by atoms with Crippen molar-refractivity contribution in [3.05, 3.63) is 35.1 Å². The van der Waals surface area contributed by atoms with Crippen LogP contribution in [-0.2, 0) is 9.53 Å². The first-order valence-corrected chi connectivity index (χ1v) is 6.56. The molecular formula is C15H20FNO4. The SMILES string of the molecule is Cc1ccc(F)c([C@@H](CC(=O)O)NC(=O)OC(C)(C)C)c1. The van der Waals surface area contributed by atoms with Crippen molar-refractivity contribution in [3.63, 3.8) is 0 Å². The fourth-order valence-electron chi connectivity index (χ4n) is 1.79. The maximum atomic E-state index is 13.9. The number of nitrogens with one attached hydrogen (secondary N) is 1. The third-order valence-electron chi connectivity index (χ3n) is 2.60. The summed E-state index contributed by atoms with van der Waals surface area (Å²) in [6.07, 6.45) is -1.21. The lowest BCUT2D eigenvalue weighted by atomic mass is 10.0. The van der Waals surface area contributed by atoms with Crippen LogP contribution in [0.1, 0.15) is 44.4 Å². The van der Waals surface area contributed by atoms with Crippen LogP contribution in [0.25, 0.3) is 0 Å². The van der Waals surface area contributed by atoms with E-state index in [-0.39, 0.29) is 5.56 Å². The summed E-state index contributed by atoms with van der Waals surface area (Å²) in [5, 5.41) is 11.3. The summed E-state index contributed by atoms with van der Waals surface area (Å²) in [5.74, 6) is -1.71. The number of halogens is 1. The van der Waals surface area contributed by atoms with E-state index in [1.165, 1.54) is 12.1 Å². The third kappa shape index (κ3) is 5.81. The highest BCUT2D eigenvalue weighted by molar-refractivity contribution is 5.72. The summed E-state index contributed by atoms with van der Waals surface area (Å²) in [7, 11) is 0. The van der Waals surface area contributed by atoms with Crippen molar-refractivity contribution in [1.29, 1.82) is 0 Å². The lowest BCUT2D eigenvalue weighted by Crippen LogP contribution is -2.36. The maximum absolute atomic E-state index is 13.9. The number of aryl methyl sites for hydroxylation is 1. The minimum atomic E-state index is -1.14. The molecule has 21 heavy (non-hydrogen) atoms. The number of carbonyl (C=O) groups is 2. The molecule has 0 bridgehead atoms. The van der Waals surface area contributed by atoms with E-state index in [4.69, 9.17) is 9.84 Å². The number of carbonyl (C=O) groups excluding carboxylic acids is 1. The molecule has 1 atom stereocenters. The number of rotatable bonds is 4. The van der Waals surface area contributed by atoms with Crippen LogP contribution in [0.3, 0.4) is 0 Å². The average Bonchev–Trinajstić information content (AvgIpc) is 2.28. The number of ether oxygens (including phenoxy) is 1. The molecule has 116 valence electrons. The molecule has 0 saturated carbocycles. The van der Waals surface area contributed by atoms with Gasteiger partial charge in [0.25, 0.3) is 0 Å². The molecule has 0 aliphatic heterocycles. The van der Waals surface area contributed by atoms with Gasteiger partial charge in [0.2, 0.25) is 0 Å². The van der Waals surface area contributed by atoms with E-state index < -0.39 is 35.9 Å². The topological polar surface area (TPSA) is 75.6 Å². The van der Waals surface area contributed by atoms with Crippen LogP contribution in [-0.4, -0.2) is 22.8 Å². The molecule has 1 aromatic carbocycles. The minimum absolute atomic E-state index is 0.128. The van der Waals surface area contributed by atoms with Gasteiger partial charge < -0.3 is 15.2 Å². The van der Waals surface area contributed by atoms with Gasteiger partial charge in [0.15, 0.2) is 0 Å². The highest BCUT2D eigenvalue weighted by Gasteiger charge is 2.24. The van der Waals surface area contributed by atoms with E-state index in [2.05, 4.69) is 5.32 Å². The van der Waals surface area contributed by atoms with Gasteiger partial charge in [-0.3, -0.25) is 4.79 Å². The van der Waals surface area contributed by atoms with E-state index in [0.717, 1.165) is 5.56 Å². The van der Waals surface area contributed by atoms with Crippen molar-refractivity contribution >= 4 is 12.1 Å². The molecule has 1 aromatic rings. The van der Waals surface area contributed by atoms with Crippen LogP contribution in [0.2, 0.25) is 0 Å². The van der Waals surface area contributed by atoms with Gasteiger partial charge in [0, 0.05) is 5.56 Å². The maximum Gasteiger partial charge on any atom is 0.408 e. The lowest BCUT2D eigenvalue weighted by molar-refractivity contribution is -0.137. The van der Waals surface area contributed by atoms with Gasteiger partial charge in [-0.1, -0.05) is 17.7 Å². The van der Waals surface area contributed by atoms with Crippen LogP contribution in [0, 0.1) is 12.7 Å². The fraction of sp³-hybridized carbons (Fsp3) is 0.467. The predicted molar refractivity (Wildman–Crippen MR) is 75.5 cm³/mol. The van der Waals surface area contributed by atoms with Crippen molar-refractivity contribution in [2.75, 3.05) is 0 Å². The van der Waals surface area contributed by atoms with Gasteiger partial charge in [-0.2, -0.15) is 0 Å². The Balaban J connectivity index is 2.98. The molecule has 1 rings (SSSR count). The molecule has 0 aliphatic carbocycles. The van der Waals surface area contributed by atoms with Gasteiger partial charge in [0.05, 0.1) is 12.5 Å². The van der Waals surface area contributed by atoms with E-state index in [1.54, 1.807) is 33.8 Å². The summed E-state index contributed by atoms with van der Waals surface area (Å²) in [6, 6.07) is 3.35.